The molecule has 1 aliphatic rings. The molecule has 2 aromatic rings. The van der Waals surface area contributed by atoms with E-state index in [9.17, 15) is 4.79 Å². The Balaban J connectivity index is 2.12. The SMILES string of the molecule is CN(C)CC1C(=O)c2ccccc2CCCc2ccccc21. The maximum atomic E-state index is 13.2. The summed E-state index contributed by atoms with van der Waals surface area (Å²) in [6, 6.07) is 16.6. The topological polar surface area (TPSA) is 20.3 Å². The number of Topliss-reactive ketones (excluding diaryl/α,β-unsaturated/α-hetero) is 1. The van der Waals surface area contributed by atoms with Crippen LogP contribution in [0.2, 0.25) is 0 Å². The standard InChI is InChI=1S/C20H23NO/c1-21(2)14-19-17-12-5-3-8-15(17)10-7-11-16-9-4-6-13-18(16)20(19)22/h3-6,8-9,12-13,19H,7,10-11,14H2,1-2H3. The van der Waals surface area contributed by atoms with Crippen molar-refractivity contribution in [2.75, 3.05) is 20.6 Å². The smallest absolute Gasteiger partial charge is 0.171 e. The van der Waals surface area contributed by atoms with Gasteiger partial charge in [-0.2, -0.15) is 0 Å². The van der Waals surface area contributed by atoms with Crippen LogP contribution < -0.4 is 0 Å². The first-order chi connectivity index (χ1) is 10.7. The Morgan fingerprint density at radius 2 is 1.59 bits per heavy atom. The summed E-state index contributed by atoms with van der Waals surface area (Å²) < 4.78 is 0. The Morgan fingerprint density at radius 1 is 0.955 bits per heavy atom. The quantitative estimate of drug-likeness (QED) is 0.841. The first-order valence-corrected chi connectivity index (χ1v) is 8.01. The van der Waals surface area contributed by atoms with E-state index in [0.717, 1.165) is 31.4 Å². The first-order valence-electron chi connectivity index (χ1n) is 8.01. The lowest BCUT2D eigenvalue weighted by molar-refractivity contribution is 0.0944. The third-order valence-electron chi connectivity index (χ3n) is 4.47. The monoisotopic (exact) mass is 293 g/mol. The summed E-state index contributed by atoms with van der Waals surface area (Å²) in [4.78, 5) is 15.3. The summed E-state index contributed by atoms with van der Waals surface area (Å²) in [5.41, 5.74) is 4.64. The van der Waals surface area contributed by atoms with E-state index in [1.807, 2.05) is 32.3 Å². The molecule has 0 fully saturated rings. The number of benzene rings is 2. The van der Waals surface area contributed by atoms with Gasteiger partial charge in [0.2, 0.25) is 0 Å². The molecule has 0 aliphatic heterocycles. The Bertz CT molecular complexity index is 675. The molecular weight excluding hydrogens is 270 g/mol. The number of likely N-dealkylation sites (N-methyl/N-ethyl adjacent to an activating group) is 1. The largest absolute Gasteiger partial charge is 0.308 e. The molecule has 2 nitrogen and oxygen atoms in total. The van der Waals surface area contributed by atoms with Crippen LogP contribution in [0.1, 0.15) is 39.4 Å². The molecule has 2 heteroatoms. The maximum absolute atomic E-state index is 13.2. The molecule has 0 N–H and O–H groups in total. The van der Waals surface area contributed by atoms with E-state index in [1.54, 1.807) is 0 Å². The Morgan fingerprint density at radius 3 is 2.36 bits per heavy atom. The van der Waals surface area contributed by atoms with Crippen LogP contribution in [0.25, 0.3) is 0 Å². The maximum Gasteiger partial charge on any atom is 0.171 e. The Kier molecular flexibility index (Phi) is 4.39. The minimum Gasteiger partial charge on any atom is -0.308 e. The molecule has 0 spiro atoms. The van der Waals surface area contributed by atoms with Gasteiger partial charge in [0.25, 0.3) is 0 Å². The van der Waals surface area contributed by atoms with Gasteiger partial charge in [-0.25, -0.2) is 0 Å². The molecule has 1 atom stereocenters. The molecule has 1 aliphatic carbocycles. The molecule has 3 rings (SSSR count). The van der Waals surface area contributed by atoms with Gasteiger partial charge < -0.3 is 4.90 Å². The number of hydrogen-bond donors (Lipinski definition) is 0. The van der Waals surface area contributed by atoms with Crippen LogP contribution in [-0.2, 0) is 12.8 Å². The number of carbonyl (C=O) groups excluding carboxylic acids is 1. The lowest BCUT2D eigenvalue weighted by Crippen LogP contribution is -2.27. The lowest BCUT2D eigenvalue weighted by atomic mass is 9.86. The number of ketones is 1. The number of hydrogen-bond acceptors (Lipinski definition) is 2. The number of carbonyl (C=O) groups is 1. The lowest BCUT2D eigenvalue weighted by Gasteiger charge is -2.23. The summed E-state index contributed by atoms with van der Waals surface area (Å²) in [7, 11) is 4.07. The molecule has 114 valence electrons. The Hall–Kier alpha value is -1.93. The van der Waals surface area contributed by atoms with Crippen LogP contribution in [0, 0.1) is 0 Å². The molecule has 22 heavy (non-hydrogen) atoms. The van der Waals surface area contributed by atoms with Crippen LogP contribution in [0.3, 0.4) is 0 Å². The first kappa shape index (κ1) is 15.0. The predicted octanol–water partition coefficient (Wildman–Crippen LogP) is 3.70. The fourth-order valence-electron chi connectivity index (χ4n) is 3.43. The van der Waals surface area contributed by atoms with E-state index in [-0.39, 0.29) is 11.7 Å². The van der Waals surface area contributed by atoms with Crippen molar-refractivity contribution in [3.05, 3.63) is 70.8 Å². The van der Waals surface area contributed by atoms with Crippen molar-refractivity contribution in [3.63, 3.8) is 0 Å². The Labute approximate surface area is 132 Å². The number of aryl methyl sites for hydroxylation is 2. The van der Waals surface area contributed by atoms with Crippen LogP contribution in [0.5, 0.6) is 0 Å². The molecule has 0 saturated heterocycles. The molecule has 0 saturated carbocycles. The van der Waals surface area contributed by atoms with Gasteiger partial charge in [0.15, 0.2) is 5.78 Å². The van der Waals surface area contributed by atoms with E-state index in [1.165, 1.54) is 16.7 Å². The summed E-state index contributed by atoms with van der Waals surface area (Å²) >= 11 is 0. The van der Waals surface area contributed by atoms with Crippen LogP contribution in [0.15, 0.2) is 48.5 Å². The average Bonchev–Trinajstić information content (AvgIpc) is 2.57. The highest BCUT2D eigenvalue weighted by atomic mass is 16.1. The van der Waals surface area contributed by atoms with Gasteiger partial charge in [-0.05, 0) is 50.0 Å². The third-order valence-corrected chi connectivity index (χ3v) is 4.47. The third kappa shape index (κ3) is 2.97. The normalized spacial score (nSPS) is 18.1. The minimum atomic E-state index is -0.0783. The van der Waals surface area contributed by atoms with Gasteiger partial charge in [0, 0.05) is 12.1 Å². The van der Waals surface area contributed by atoms with E-state index >= 15 is 0 Å². The van der Waals surface area contributed by atoms with Crippen molar-refractivity contribution in [2.24, 2.45) is 0 Å². The van der Waals surface area contributed by atoms with Gasteiger partial charge in [-0.1, -0.05) is 48.5 Å². The van der Waals surface area contributed by atoms with Crippen molar-refractivity contribution >= 4 is 5.78 Å². The van der Waals surface area contributed by atoms with E-state index in [2.05, 4.69) is 35.2 Å². The zero-order valence-electron chi connectivity index (χ0n) is 13.4. The summed E-state index contributed by atoms with van der Waals surface area (Å²) in [5, 5.41) is 0. The highest BCUT2D eigenvalue weighted by Crippen LogP contribution is 2.29. The van der Waals surface area contributed by atoms with E-state index < -0.39 is 0 Å². The van der Waals surface area contributed by atoms with Gasteiger partial charge >= 0.3 is 0 Å². The van der Waals surface area contributed by atoms with Crippen molar-refractivity contribution in [1.29, 1.82) is 0 Å². The second-order valence-electron chi connectivity index (χ2n) is 6.39. The number of nitrogens with zero attached hydrogens (tertiary/aromatic N) is 1. The van der Waals surface area contributed by atoms with Crippen LogP contribution >= 0.6 is 0 Å². The minimum absolute atomic E-state index is 0.0783. The molecule has 0 aromatic heterocycles. The van der Waals surface area contributed by atoms with Gasteiger partial charge in [0.1, 0.15) is 0 Å². The zero-order chi connectivity index (χ0) is 15.5. The van der Waals surface area contributed by atoms with Crippen molar-refractivity contribution in [2.45, 2.75) is 25.2 Å². The van der Waals surface area contributed by atoms with Crippen molar-refractivity contribution in [1.82, 2.24) is 4.90 Å². The second-order valence-corrected chi connectivity index (χ2v) is 6.39. The molecule has 1 unspecified atom stereocenters. The zero-order valence-corrected chi connectivity index (χ0v) is 13.4. The predicted molar refractivity (Wildman–Crippen MR) is 90.5 cm³/mol. The van der Waals surface area contributed by atoms with E-state index in [0.29, 0.717) is 0 Å². The molecular formula is C20H23NO. The van der Waals surface area contributed by atoms with Crippen LogP contribution in [-0.4, -0.2) is 31.3 Å². The fourth-order valence-corrected chi connectivity index (χ4v) is 3.43. The van der Waals surface area contributed by atoms with Gasteiger partial charge in [-0.15, -0.1) is 0 Å². The average molecular weight is 293 g/mol. The summed E-state index contributed by atoms with van der Waals surface area (Å²) in [5.74, 6) is 0.184. The van der Waals surface area contributed by atoms with Gasteiger partial charge in [-0.3, -0.25) is 4.79 Å². The van der Waals surface area contributed by atoms with Crippen molar-refractivity contribution < 1.29 is 4.79 Å². The number of fused-ring (bicyclic) bond motifs is 2. The molecule has 0 radical (unpaired) electrons. The fraction of sp³-hybridized carbons (Fsp3) is 0.350. The second kappa shape index (κ2) is 6.45. The summed E-state index contributed by atoms with van der Waals surface area (Å²) in [6.07, 6.45) is 3.11. The molecule has 0 heterocycles. The highest BCUT2D eigenvalue weighted by molar-refractivity contribution is 6.02. The molecule has 0 bridgehead atoms. The summed E-state index contributed by atoms with van der Waals surface area (Å²) in [6.45, 7) is 0.754. The molecule has 0 amide bonds. The van der Waals surface area contributed by atoms with Gasteiger partial charge in [0.05, 0.1) is 5.92 Å². The van der Waals surface area contributed by atoms with E-state index in [4.69, 9.17) is 0 Å². The van der Waals surface area contributed by atoms with Crippen molar-refractivity contribution in [3.8, 4) is 0 Å². The molecule has 2 aromatic carbocycles. The highest BCUT2D eigenvalue weighted by Gasteiger charge is 2.27. The van der Waals surface area contributed by atoms with Crippen LogP contribution in [0.4, 0.5) is 0 Å². The number of rotatable bonds is 2.